The second-order valence-corrected chi connectivity index (χ2v) is 4.37. The van der Waals surface area contributed by atoms with Crippen molar-refractivity contribution in [3.8, 4) is 0 Å². The molecule has 2 rings (SSSR count). The van der Waals surface area contributed by atoms with Crippen LogP contribution in [-0.4, -0.2) is 10.1 Å². The molecule has 1 aromatic carbocycles. The summed E-state index contributed by atoms with van der Waals surface area (Å²) in [4.78, 5) is 4.35. The molecular formula is C13H15NO. The second kappa shape index (κ2) is 3.31. The third kappa shape index (κ3) is 1.73. The Morgan fingerprint density at radius 3 is 2.53 bits per heavy atom. The van der Waals surface area contributed by atoms with E-state index in [0.717, 1.165) is 22.0 Å². The van der Waals surface area contributed by atoms with Gasteiger partial charge in [-0.15, -0.1) is 0 Å². The summed E-state index contributed by atoms with van der Waals surface area (Å²) >= 11 is 0. The average Bonchev–Trinajstić information content (AvgIpc) is 2.16. The number of nitrogens with zero attached hydrogens (tertiary/aromatic N) is 1. The fraction of sp³-hybridized carbons (Fsp3) is 0.308. The lowest BCUT2D eigenvalue weighted by Crippen LogP contribution is -2.17. The van der Waals surface area contributed by atoms with Crippen molar-refractivity contribution in [3.63, 3.8) is 0 Å². The summed E-state index contributed by atoms with van der Waals surface area (Å²) < 4.78 is 0. The molecule has 0 spiro atoms. The molecule has 2 aromatic rings. The molecule has 0 saturated carbocycles. The van der Waals surface area contributed by atoms with Crippen LogP contribution in [0.3, 0.4) is 0 Å². The summed E-state index contributed by atoms with van der Waals surface area (Å²) in [7, 11) is 0. The molecule has 78 valence electrons. The van der Waals surface area contributed by atoms with Gasteiger partial charge in [0, 0.05) is 17.1 Å². The smallest absolute Gasteiger partial charge is 0.0858 e. The van der Waals surface area contributed by atoms with Crippen LogP contribution >= 0.6 is 0 Å². The zero-order chi connectivity index (χ0) is 11.1. The lowest BCUT2D eigenvalue weighted by molar-refractivity contribution is 0.0777. The molecule has 2 nitrogen and oxygen atoms in total. The van der Waals surface area contributed by atoms with Gasteiger partial charge in [-0.05, 0) is 32.4 Å². The van der Waals surface area contributed by atoms with Crippen LogP contribution in [0.5, 0.6) is 0 Å². The van der Waals surface area contributed by atoms with Gasteiger partial charge in [0.25, 0.3) is 0 Å². The van der Waals surface area contributed by atoms with Gasteiger partial charge in [-0.1, -0.05) is 18.2 Å². The summed E-state index contributed by atoms with van der Waals surface area (Å²) in [6.07, 6.45) is 1.76. The molecule has 15 heavy (non-hydrogen) atoms. The van der Waals surface area contributed by atoms with Crippen molar-refractivity contribution in [2.45, 2.75) is 26.4 Å². The van der Waals surface area contributed by atoms with Crippen LogP contribution in [0, 0.1) is 6.92 Å². The minimum absolute atomic E-state index is 0.832. The standard InChI is InChI=1S/C13H15NO/c1-9-10-6-4-5-7-12(10)14-8-11(9)13(2,3)15/h4-8,15H,1-3H3. The third-order valence-electron chi connectivity index (χ3n) is 2.70. The van der Waals surface area contributed by atoms with Crippen molar-refractivity contribution in [1.82, 2.24) is 4.98 Å². The number of pyridine rings is 1. The van der Waals surface area contributed by atoms with Gasteiger partial charge in [0.1, 0.15) is 0 Å². The van der Waals surface area contributed by atoms with E-state index in [1.54, 1.807) is 20.0 Å². The number of aryl methyl sites for hydroxylation is 1. The van der Waals surface area contributed by atoms with Gasteiger partial charge < -0.3 is 5.11 Å². The molecule has 0 saturated heterocycles. The Labute approximate surface area is 89.6 Å². The third-order valence-corrected chi connectivity index (χ3v) is 2.70. The molecule has 0 amide bonds. The summed E-state index contributed by atoms with van der Waals surface area (Å²) in [5, 5.41) is 11.1. The lowest BCUT2D eigenvalue weighted by atomic mass is 9.93. The molecule has 1 heterocycles. The van der Waals surface area contributed by atoms with Crippen LogP contribution in [0.4, 0.5) is 0 Å². The highest BCUT2D eigenvalue weighted by Crippen LogP contribution is 2.27. The summed E-state index contributed by atoms with van der Waals surface area (Å²) in [5.41, 5.74) is 2.14. The molecule has 0 bridgehead atoms. The Kier molecular flexibility index (Phi) is 2.24. The summed E-state index contributed by atoms with van der Waals surface area (Å²) in [6, 6.07) is 7.98. The van der Waals surface area contributed by atoms with Crippen molar-refractivity contribution < 1.29 is 5.11 Å². The first-order valence-electron chi connectivity index (χ1n) is 5.07. The van der Waals surface area contributed by atoms with Crippen molar-refractivity contribution in [1.29, 1.82) is 0 Å². The molecule has 2 heteroatoms. The Morgan fingerprint density at radius 1 is 1.20 bits per heavy atom. The van der Waals surface area contributed by atoms with Crippen molar-refractivity contribution in [3.05, 3.63) is 41.6 Å². The van der Waals surface area contributed by atoms with E-state index < -0.39 is 5.60 Å². The molecule has 0 atom stereocenters. The highest BCUT2D eigenvalue weighted by atomic mass is 16.3. The van der Waals surface area contributed by atoms with E-state index >= 15 is 0 Å². The Balaban J connectivity index is 2.76. The van der Waals surface area contributed by atoms with Crippen LogP contribution in [0.15, 0.2) is 30.5 Å². The Morgan fingerprint density at radius 2 is 1.87 bits per heavy atom. The zero-order valence-electron chi connectivity index (χ0n) is 9.28. The molecule has 0 aliphatic rings. The number of aromatic nitrogens is 1. The fourth-order valence-corrected chi connectivity index (χ4v) is 1.90. The van der Waals surface area contributed by atoms with Gasteiger partial charge in [0.05, 0.1) is 11.1 Å². The van der Waals surface area contributed by atoms with Crippen LogP contribution in [0.2, 0.25) is 0 Å². The highest BCUT2D eigenvalue weighted by molar-refractivity contribution is 5.82. The first kappa shape index (κ1) is 10.1. The SMILES string of the molecule is Cc1c(C(C)(C)O)cnc2ccccc12. The van der Waals surface area contributed by atoms with Gasteiger partial charge in [0.2, 0.25) is 0 Å². The monoisotopic (exact) mass is 201 g/mol. The Bertz CT molecular complexity index is 497. The maximum absolute atomic E-state index is 9.99. The molecule has 0 aliphatic carbocycles. The van der Waals surface area contributed by atoms with Crippen molar-refractivity contribution in [2.24, 2.45) is 0 Å². The minimum atomic E-state index is -0.832. The maximum atomic E-state index is 9.99. The normalized spacial score (nSPS) is 12.0. The molecule has 0 radical (unpaired) electrons. The predicted molar refractivity (Wildman–Crippen MR) is 61.7 cm³/mol. The first-order valence-corrected chi connectivity index (χ1v) is 5.07. The average molecular weight is 201 g/mol. The minimum Gasteiger partial charge on any atom is -0.386 e. The Hall–Kier alpha value is -1.41. The van der Waals surface area contributed by atoms with Gasteiger partial charge in [-0.3, -0.25) is 4.98 Å². The van der Waals surface area contributed by atoms with Crippen molar-refractivity contribution >= 4 is 10.9 Å². The largest absolute Gasteiger partial charge is 0.386 e. The molecule has 0 unspecified atom stereocenters. The van der Waals surface area contributed by atoms with Crippen LogP contribution in [0.25, 0.3) is 10.9 Å². The van der Waals surface area contributed by atoms with Gasteiger partial charge in [-0.25, -0.2) is 0 Å². The van der Waals surface area contributed by atoms with E-state index in [0.29, 0.717) is 0 Å². The summed E-state index contributed by atoms with van der Waals surface area (Å²) in [5.74, 6) is 0. The maximum Gasteiger partial charge on any atom is 0.0858 e. The zero-order valence-corrected chi connectivity index (χ0v) is 9.28. The second-order valence-electron chi connectivity index (χ2n) is 4.37. The van der Waals surface area contributed by atoms with E-state index in [2.05, 4.69) is 4.98 Å². The van der Waals surface area contributed by atoms with Crippen LogP contribution in [0.1, 0.15) is 25.0 Å². The molecule has 0 aliphatic heterocycles. The van der Waals surface area contributed by atoms with Crippen molar-refractivity contribution in [2.75, 3.05) is 0 Å². The van der Waals surface area contributed by atoms with Gasteiger partial charge in [-0.2, -0.15) is 0 Å². The molecule has 1 aromatic heterocycles. The topological polar surface area (TPSA) is 33.1 Å². The number of hydrogen-bond acceptors (Lipinski definition) is 2. The molecule has 0 fully saturated rings. The van der Waals surface area contributed by atoms with E-state index in [-0.39, 0.29) is 0 Å². The number of aliphatic hydroxyl groups is 1. The molecular weight excluding hydrogens is 186 g/mol. The number of para-hydroxylation sites is 1. The van der Waals surface area contributed by atoms with Crippen LogP contribution < -0.4 is 0 Å². The highest BCUT2D eigenvalue weighted by Gasteiger charge is 2.19. The lowest BCUT2D eigenvalue weighted by Gasteiger charge is -2.20. The van der Waals surface area contributed by atoms with E-state index in [9.17, 15) is 5.11 Å². The molecule has 1 N–H and O–H groups in total. The predicted octanol–water partition coefficient (Wildman–Crippen LogP) is 2.77. The number of hydrogen-bond donors (Lipinski definition) is 1. The van der Waals surface area contributed by atoms with E-state index in [4.69, 9.17) is 0 Å². The summed E-state index contributed by atoms with van der Waals surface area (Å²) in [6.45, 7) is 5.59. The van der Waals surface area contributed by atoms with Crippen LogP contribution in [-0.2, 0) is 5.60 Å². The van der Waals surface area contributed by atoms with Gasteiger partial charge in [0.15, 0.2) is 0 Å². The number of rotatable bonds is 1. The fourth-order valence-electron chi connectivity index (χ4n) is 1.90. The number of benzene rings is 1. The quantitative estimate of drug-likeness (QED) is 0.769. The van der Waals surface area contributed by atoms with Gasteiger partial charge >= 0.3 is 0 Å². The van der Waals surface area contributed by atoms with E-state index in [1.165, 1.54) is 0 Å². The van der Waals surface area contributed by atoms with E-state index in [1.807, 2.05) is 31.2 Å². The first-order chi connectivity index (χ1) is 7.00. The number of fused-ring (bicyclic) bond motifs is 1.